The summed E-state index contributed by atoms with van der Waals surface area (Å²) < 4.78 is 0. The fraction of sp³-hybridized carbons (Fsp3) is 1.00. The van der Waals surface area contributed by atoms with Gasteiger partial charge in [0.25, 0.3) is 5.09 Å². The predicted octanol–water partition coefficient (Wildman–Crippen LogP) is 0.213. The molecular formula is C5H11NO4. The Labute approximate surface area is 58.7 Å². The lowest BCUT2D eigenvalue weighted by Crippen LogP contribution is -2.25. The Hall–Kier alpha value is -0.840. The standard InChI is InChI=1S/C5H11NO4/c1-5(2,3-7)4-10-6(8)9/h7H,3-4H2,1-2H3. The first-order valence-electron chi connectivity index (χ1n) is 2.86. The molecule has 5 heteroatoms. The SMILES string of the molecule is CC(C)(CO)CO[N+](=O)[O-]. The monoisotopic (exact) mass is 149 g/mol. The third kappa shape index (κ3) is 4.08. The Morgan fingerprint density at radius 2 is 2.20 bits per heavy atom. The molecule has 0 aromatic carbocycles. The molecule has 0 bridgehead atoms. The summed E-state index contributed by atoms with van der Waals surface area (Å²) in [4.78, 5) is 13.7. The van der Waals surface area contributed by atoms with E-state index in [1.54, 1.807) is 13.8 Å². The zero-order valence-electron chi connectivity index (χ0n) is 6.03. The predicted molar refractivity (Wildman–Crippen MR) is 33.8 cm³/mol. The highest BCUT2D eigenvalue weighted by molar-refractivity contribution is 4.63. The van der Waals surface area contributed by atoms with Crippen LogP contribution in [-0.2, 0) is 4.84 Å². The van der Waals surface area contributed by atoms with Gasteiger partial charge >= 0.3 is 0 Å². The molecule has 60 valence electrons. The van der Waals surface area contributed by atoms with E-state index in [1.807, 2.05) is 0 Å². The van der Waals surface area contributed by atoms with Crippen LogP contribution in [0.3, 0.4) is 0 Å². The molecule has 0 rings (SSSR count). The fourth-order valence-corrected chi connectivity index (χ4v) is 0.273. The van der Waals surface area contributed by atoms with Crippen molar-refractivity contribution in [3.63, 3.8) is 0 Å². The second-order valence-corrected chi connectivity index (χ2v) is 2.82. The Morgan fingerprint density at radius 1 is 1.70 bits per heavy atom. The van der Waals surface area contributed by atoms with Crippen molar-refractivity contribution in [1.29, 1.82) is 0 Å². The minimum Gasteiger partial charge on any atom is -0.396 e. The molecule has 0 atom stereocenters. The van der Waals surface area contributed by atoms with Crippen LogP contribution in [0, 0.1) is 15.5 Å². The second-order valence-electron chi connectivity index (χ2n) is 2.82. The van der Waals surface area contributed by atoms with E-state index >= 15 is 0 Å². The molecule has 0 fully saturated rings. The lowest BCUT2D eigenvalue weighted by atomic mass is 9.97. The molecule has 0 saturated heterocycles. The molecule has 5 nitrogen and oxygen atoms in total. The van der Waals surface area contributed by atoms with Crippen LogP contribution in [0.5, 0.6) is 0 Å². The first-order chi connectivity index (χ1) is 4.48. The van der Waals surface area contributed by atoms with E-state index in [0.717, 1.165) is 0 Å². The van der Waals surface area contributed by atoms with Crippen LogP contribution >= 0.6 is 0 Å². The Morgan fingerprint density at radius 3 is 2.50 bits per heavy atom. The Bertz CT molecular complexity index is 123. The minimum absolute atomic E-state index is 0.0729. The molecule has 0 aliphatic rings. The highest BCUT2D eigenvalue weighted by atomic mass is 16.9. The average Bonchev–Trinajstić information content (AvgIpc) is 1.85. The van der Waals surface area contributed by atoms with Crippen molar-refractivity contribution in [2.45, 2.75) is 13.8 Å². The molecule has 0 aromatic rings. The van der Waals surface area contributed by atoms with Gasteiger partial charge < -0.3 is 9.94 Å². The van der Waals surface area contributed by atoms with E-state index in [0.29, 0.717) is 0 Å². The van der Waals surface area contributed by atoms with Crippen molar-refractivity contribution in [3.05, 3.63) is 10.1 Å². The lowest BCUT2D eigenvalue weighted by Gasteiger charge is -2.18. The summed E-state index contributed by atoms with van der Waals surface area (Å²) in [5.74, 6) is 0. The van der Waals surface area contributed by atoms with Gasteiger partial charge in [-0.1, -0.05) is 13.8 Å². The first kappa shape index (κ1) is 9.16. The van der Waals surface area contributed by atoms with Gasteiger partial charge in [-0.2, -0.15) is 0 Å². The second kappa shape index (κ2) is 3.36. The molecule has 0 unspecified atom stereocenters. The van der Waals surface area contributed by atoms with Gasteiger partial charge in [0.15, 0.2) is 0 Å². The topological polar surface area (TPSA) is 72.6 Å². The molecule has 0 saturated carbocycles. The lowest BCUT2D eigenvalue weighted by molar-refractivity contribution is -0.760. The highest BCUT2D eigenvalue weighted by Gasteiger charge is 2.17. The van der Waals surface area contributed by atoms with Gasteiger partial charge in [0.2, 0.25) is 0 Å². The molecule has 0 aliphatic heterocycles. The Balaban J connectivity index is 3.56. The van der Waals surface area contributed by atoms with Crippen molar-refractivity contribution in [1.82, 2.24) is 0 Å². The maximum Gasteiger partial charge on any atom is 0.294 e. The van der Waals surface area contributed by atoms with Crippen LogP contribution in [0.4, 0.5) is 0 Å². The van der Waals surface area contributed by atoms with Crippen molar-refractivity contribution < 1.29 is 15.0 Å². The number of aliphatic hydroxyl groups is 1. The molecule has 0 aromatic heterocycles. The zero-order chi connectivity index (χ0) is 8.20. The van der Waals surface area contributed by atoms with E-state index in [9.17, 15) is 10.1 Å². The van der Waals surface area contributed by atoms with E-state index in [-0.39, 0.29) is 13.2 Å². The normalized spacial score (nSPS) is 11.1. The smallest absolute Gasteiger partial charge is 0.294 e. The molecular weight excluding hydrogens is 138 g/mol. The average molecular weight is 149 g/mol. The van der Waals surface area contributed by atoms with E-state index < -0.39 is 10.5 Å². The fourth-order valence-electron chi connectivity index (χ4n) is 0.273. The Kier molecular flexibility index (Phi) is 3.08. The molecule has 1 N–H and O–H groups in total. The third-order valence-corrected chi connectivity index (χ3v) is 0.989. The van der Waals surface area contributed by atoms with Crippen LogP contribution in [0.1, 0.15) is 13.8 Å². The van der Waals surface area contributed by atoms with Gasteiger partial charge in [-0.25, -0.2) is 0 Å². The number of rotatable bonds is 4. The molecule has 10 heavy (non-hydrogen) atoms. The summed E-state index contributed by atoms with van der Waals surface area (Å²) in [6.45, 7) is 3.16. The van der Waals surface area contributed by atoms with Crippen LogP contribution in [0.2, 0.25) is 0 Å². The number of nitrogens with zero attached hydrogens (tertiary/aromatic N) is 1. The minimum atomic E-state index is -0.864. The summed E-state index contributed by atoms with van der Waals surface area (Å²) in [7, 11) is 0. The number of hydrogen-bond donors (Lipinski definition) is 1. The van der Waals surface area contributed by atoms with Crippen molar-refractivity contribution in [3.8, 4) is 0 Å². The number of aliphatic hydroxyl groups excluding tert-OH is 1. The van der Waals surface area contributed by atoms with Gasteiger partial charge in [0.1, 0.15) is 6.61 Å². The van der Waals surface area contributed by atoms with E-state index in [1.165, 1.54) is 0 Å². The van der Waals surface area contributed by atoms with Crippen LogP contribution < -0.4 is 0 Å². The van der Waals surface area contributed by atoms with E-state index in [2.05, 4.69) is 4.84 Å². The molecule has 0 aliphatic carbocycles. The number of hydrogen-bond acceptors (Lipinski definition) is 4. The van der Waals surface area contributed by atoms with Gasteiger partial charge in [0.05, 0.1) is 6.61 Å². The largest absolute Gasteiger partial charge is 0.396 e. The van der Waals surface area contributed by atoms with Crippen molar-refractivity contribution >= 4 is 0 Å². The first-order valence-corrected chi connectivity index (χ1v) is 2.86. The van der Waals surface area contributed by atoms with Gasteiger partial charge in [-0.15, -0.1) is 10.1 Å². The van der Waals surface area contributed by atoms with Gasteiger partial charge in [-0.05, 0) is 0 Å². The maximum atomic E-state index is 9.66. The molecule has 0 heterocycles. The summed E-state index contributed by atoms with van der Waals surface area (Å²) in [5.41, 5.74) is -0.535. The van der Waals surface area contributed by atoms with Crippen LogP contribution in [0.25, 0.3) is 0 Å². The maximum absolute atomic E-state index is 9.66. The molecule has 0 amide bonds. The summed E-state index contributed by atoms with van der Waals surface area (Å²) in [6, 6.07) is 0. The molecule has 0 radical (unpaired) electrons. The van der Waals surface area contributed by atoms with Crippen LogP contribution in [0.15, 0.2) is 0 Å². The third-order valence-electron chi connectivity index (χ3n) is 0.989. The molecule has 0 spiro atoms. The van der Waals surface area contributed by atoms with E-state index in [4.69, 9.17) is 5.11 Å². The van der Waals surface area contributed by atoms with Crippen molar-refractivity contribution in [2.24, 2.45) is 5.41 Å². The summed E-state index contributed by atoms with van der Waals surface area (Å²) in [5, 5.41) is 17.4. The quantitative estimate of drug-likeness (QED) is 0.458. The van der Waals surface area contributed by atoms with Gasteiger partial charge in [0, 0.05) is 5.41 Å². The van der Waals surface area contributed by atoms with Gasteiger partial charge in [-0.3, -0.25) is 0 Å². The highest BCUT2D eigenvalue weighted by Crippen LogP contribution is 2.13. The van der Waals surface area contributed by atoms with Crippen LogP contribution in [-0.4, -0.2) is 23.4 Å². The summed E-state index contributed by atoms with van der Waals surface area (Å²) >= 11 is 0. The van der Waals surface area contributed by atoms with Crippen molar-refractivity contribution in [2.75, 3.05) is 13.2 Å². The zero-order valence-corrected chi connectivity index (χ0v) is 6.03. The summed E-state index contributed by atoms with van der Waals surface area (Å²) in [6.07, 6.45) is 0.